The molecule has 0 spiro atoms. The zero-order valence-electron chi connectivity index (χ0n) is 11.5. The lowest BCUT2D eigenvalue weighted by Crippen LogP contribution is -2.13. The zero-order valence-corrected chi connectivity index (χ0v) is 12.3. The number of hydrogen-bond donors (Lipinski definition) is 2. The second-order valence-corrected chi connectivity index (χ2v) is 5.80. The Morgan fingerprint density at radius 2 is 1.86 bits per heavy atom. The van der Waals surface area contributed by atoms with E-state index < -0.39 is 23.0 Å². The fourth-order valence-corrected chi connectivity index (χ4v) is 2.62. The van der Waals surface area contributed by atoms with Gasteiger partial charge < -0.3 is 16.4 Å². The minimum Gasteiger partial charge on any atom is -0.382 e. The molecule has 1 aromatic carbocycles. The molecule has 1 aromatic heterocycles. The second kappa shape index (κ2) is 5.74. The Hall–Kier alpha value is -2.06. The average molecular weight is 312 g/mol. The first-order valence-corrected chi connectivity index (χ1v) is 6.80. The predicted octanol–water partition coefficient (Wildman–Crippen LogP) is 1.88. The summed E-state index contributed by atoms with van der Waals surface area (Å²) in [5.74, 6) is -2.83. The number of nitrogens with zero attached hydrogens (tertiary/aromatic N) is 2. The van der Waals surface area contributed by atoms with Crippen LogP contribution in [0.2, 0.25) is 0 Å². The SMILES string of the molecule is CN(C)Cc1cc(F)c(C(=O)c2sc(N)nc2N)c(F)c1. The van der Waals surface area contributed by atoms with E-state index in [1.807, 2.05) is 0 Å². The maximum atomic E-state index is 14.1. The van der Waals surface area contributed by atoms with Crippen molar-refractivity contribution in [2.24, 2.45) is 0 Å². The summed E-state index contributed by atoms with van der Waals surface area (Å²) in [5, 5.41) is 0.0703. The summed E-state index contributed by atoms with van der Waals surface area (Å²) < 4.78 is 28.1. The van der Waals surface area contributed by atoms with E-state index in [9.17, 15) is 13.6 Å². The monoisotopic (exact) mass is 312 g/mol. The number of anilines is 2. The third-order valence-corrected chi connectivity index (χ3v) is 3.60. The van der Waals surface area contributed by atoms with Crippen LogP contribution in [0.4, 0.5) is 19.7 Å². The number of aromatic nitrogens is 1. The standard InChI is InChI=1S/C13H14F2N4OS/c1-19(2)5-6-3-7(14)9(8(15)4-6)10(20)11-12(16)18-13(17)21-11/h3-4H,5,16H2,1-2H3,(H2,17,18). The fourth-order valence-electron chi connectivity index (χ4n) is 1.92. The summed E-state index contributed by atoms with van der Waals surface area (Å²) in [5.41, 5.74) is 10.7. The quantitative estimate of drug-likeness (QED) is 0.842. The Morgan fingerprint density at radius 1 is 1.29 bits per heavy atom. The molecule has 0 radical (unpaired) electrons. The number of nitrogen functional groups attached to an aromatic ring is 2. The predicted molar refractivity (Wildman–Crippen MR) is 78.1 cm³/mol. The van der Waals surface area contributed by atoms with E-state index >= 15 is 0 Å². The molecule has 0 saturated heterocycles. The number of halogens is 2. The molecule has 0 aliphatic carbocycles. The van der Waals surface area contributed by atoms with Crippen molar-refractivity contribution in [3.05, 3.63) is 39.8 Å². The number of ketones is 1. The first-order valence-electron chi connectivity index (χ1n) is 5.98. The van der Waals surface area contributed by atoms with Crippen molar-refractivity contribution in [1.82, 2.24) is 9.88 Å². The highest BCUT2D eigenvalue weighted by Gasteiger charge is 2.24. The number of carbonyl (C=O) groups excluding carboxylic acids is 1. The number of thiazole rings is 1. The first kappa shape index (κ1) is 15.3. The van der Waals surface area contributed by atoms with Crippen LogP contribution in [-0.4, -0.2) is 29.8 Å². The van der Waals surface area contributed by atoms with Gasteiger partial charge in [-0.05, 0) is 31.8 Å². The minimum atomic E-state index is -0.928. The molecule has 0 aliphatic heterocycles. The van der Waals surface area contributed by atoms with Crippen LogP contribution >= 0.6 is 11.3 Å². The Bertz CT molecular complexity index is 676. The molecule has 2 rings (SSSR count). The van der Waals surface area contributed by atoms with Gasteiger partial charge in [0.25, 0.3) is 0 Å². The van der Waals surface area contributed by atoms with Crippen LogP contribution in [0.5, 0.6) is 0 Å². The Balaban J connectivity index is 2.45. The lowest BCUT2D eigenvalue weighted by molar-refractivity contribution is 0.103. The molecule has 0 amide bonds. The second-order valence-electron chi connectivity index (χ2n) is 4.77. The minimum absolute atomic E-state index is 0.0642. The van der Waals surface area contributed by atoms with Crippen molar-refractivity contribution in [3.63, 3.8) is 0 Å². The van der Waals surface area contributed by atoms with E-state index in [1.54, 1.807) is 19.0 Å². The molecule has 5 nitrogen and oxygen atoms in total. The van der Waals surface area contributed by atoms with Crippen LogP contribution in [0, 0.1) is 11.6 Å². The number of rotatable bonds is 4. The van der Waals surface area contributed by atoms with Gasteiger partial charge in [0.05, 0.1) is 5.56 Å². The Labute approximate surface area is 124 Å². The fraction of sp³-hybridized carbons (Fsp3) is 0.231. The van der Waals surface area contributed by atoms with Gasteiger partial charge in [-0.2, -0.15) is 0 Å². The summed E-state index contributed by atoms with van der Waals surface area (Å²) >= 11 is 0.800. The van der Waals surface area contributed by atoms with Crippen molar-refractivity contribution in [3.8, 4) is 0 Å². The highest BCUT2D eigenvalue weighted by Crippen LogP contribution is 2.28. The van der Waals surface area contributed by atoms with E-state index in [1.165, 1.54) is 0 Å². The van der Waals surface area contributed by atoms with Gasteiger partial charge in [0.15, 0.2) is 5.13 Å². The number of benzene rings is 1. The normalized spacial score (nSPS) is 11.1. The largest absolute Gasteiger partial charge is 0.382 e. The van der Waals surface area contributed by atoms with Crippen LogP contribution in [0.3, 0.4) is 0 Å². The molecule has 2 aromatic rings. The van der Waals surface area contributed by atoms with Gasteiger partial charge in [-0.25, -0.2) is 13.8 Å². The lowest BCUT2D eigenvalue weighted by Gasteiger charge is -2.11. The number of carbonyl (C=O) groups is 1. The van der Waals surface area contributed by atoms with Gasteiger partial charge in [-0.15, -0.1) is 0 Å². The van der Waals surface area contributed by atoms with Gasteiger partial charge in [0, 0.05) is 6.54 Å². The van der Waals surface area contributed by atoms with Gasteiger partial charge in [0.1, 0.15) is 22.3 Å². The maximum absolute atomic E-state index is 14.1. The smallest absolute Gasteiger partial charge is 0.212 e. The summed E-state index contributed by atoms with van der Waals surface area (Å²) in [6.45, 7) is 0.359. The van der Waals surface area contributed by atoms with Gasteiger partial charge in [-0.1, -0.05) is 11.3 Å². The maximum Gasteiger partial charge on any atom is 0.212 e. The van der Waals surface area contributed by atoms with Crippen molar-refractivity contribution in [2.45, 2.75) is 6.54 Å². The van der Waals surface area contributed by atoms with Crippen LogP contribution in [-0.2, 0) is 6.54 Å². The molecular weight excluding hydrogens is 298 g/mol. The molecule has 112 valence electrons. The van der Waals surface area contributed by atoms with Gasteiger partial charge >= 0.3 is 0 Å². The first-order chi connectivity index (χ1) is 9.79. The van der Waals surface area contributed by atoms with E-state index in [0.717, 1.165) is 23.5 Å². The molecule has 0 saturated carbocycles. The van der Waals surface area contributed by atoms with Crippen molar-refractivity contribution in [1.29, 1.82) is 0 Å². The van der Waals surface area contributed by atoms with Crippen molar-refractivity contribution < 1.29 is 13.6 Å². The summed E-state index contributed by atoms with van der Waals surface area (Å²) in [6, 6.07) is 2.27. The lowest BCUT2D eigenvalue weighted by atomic mass is 10.0. The Kier molecular flexibility index (Phi) is 4.19. The molecule has 21 heavy (non-hydrogen) atoms. The molecule has 0 unspecified atom stereocenters. The summed E-state index contributed by atoms with van der Waals surface area (Å²) in [6.07, 6.45) is 0. The molecule has 4 N–H and O–H groups in total. The number of nitrogens with two attached hydrogens (primary N) is 2. The topological polar surface area (TPSA) is 85.2 Å². The van der Waals surface area contributed by atoms with Crippen LogP contribution in [0.15, 0.2) is 12.1 Å². The molecule has 0 aliphatic rings. The van der Waals surface area contributed by atoms with Crippen molar-refractivity contribution >= 4 is 28.1 Å². The van der Waals surface area contributed by atoms with Crippen molar-refractivity contribution in [2.75, 3.05) is 25.6 Å². The average Bonchev–Trinajstić information content (AvgIpc) is 2.66. The zero-order chi connectivity index (χ0) is 15.7. The summed E-state index contributed by atoms with van der Waals surface area (Å²) in [7, 11) is 3.55. The molecule has 8 heteroatoms. The Morgan fingerprint density at radius 3 is 2.29 bits per heavy atom. The highest BCUT2D eigenvalue weighted by molar-refractivity contribution is 7.18. The van der Waals surface area contributed by atoms with E-state index in [0.29, 0.717) is 12.1 Å². The summed E-state index contributed by atoms with van der Waals surface area (Å²) in [4.78, 5) is 17.6. The number of hydrogen-bond acceptors (Lipinski definition) is 6. The van der Waals surface area contributed by atoms with E-state index in [-0.39, 0.29) is 15.8 Å². The molecule has 0 fully saturated rings. The third kappa shape index (κ3) is 3.17. The molecule has 0 bridgehead atoms. The molecule has 0 atom stereocenters. The van der Waals surface area contributed by atoms with E-state index in [4.69, 9.17) is 11.5 Å². The van der Waals surface area contributed by atoms with Crippen LogP contribution in [0.25, 0.3) is 0 Å². The molecular formula is C13H14F2N4OS. The molecule has 1 heterocycles. The van der Waals surface area contributed by atoms with Crippen LogP contribution < -0.4 is 11.5 Å². The third-order valence-electron chi connectivity index (χ3n) is 2.70. The van der Waals surface area contributed by atoms with Gasteiger partial charge in [-0.3, -0.25) is 4.79 Å². The van der Waals surface area contributed by atoms with Gasteiger partial charge in [0.2, 0.25) is 5.78 Å². The van der Waals surface area contributed by atoms with E-state index in [2.05, 4.69) is 4.98 Å². The van der Waals surface area contributed by atoms with Crippen LogP contribution in [0.1, 0.15) is 20.8 Å². The highest BCUT2D eigenvalue weighted by atomic mass is 32.1.